The number of Topliss-reactive ketones (excluding diaryl/α,β-unsaturated/α-hetero) is 1. The molecule has 0 bridgehead atoms. The summed E-state index contributed by atoms with van der Waals surface area (Å²) in [5.74, 6) is -0.000142. The van der Waals surface area contributed by atoms with E-state index in [1.165, 1.54) is 6.92 Å². The van der Waals surface area contributed by atoms with Crippen LogP contribution in [0.4, 0.5) is 17.1 Å². The van der Waals surface area contributed by atoms with E-state index in [4.69, 9.17) is 0 Å². The first-order valence-electron chi connectivity index (χ1n) is 8.83. The van der Waals surface area contributed by atoms with Crippen LogP contribution in [0, 0.1) is 13.8 Å². The summed E-state index contributed by atoms with van der Waals surface area (Å²) in [6.07, 6.45) is 0. The molecule has 0 radical (unpaired) electrons. The molecule has 144 valence electrons. The third-order valence-corrected chi connectivity index (χ3v) is 5.85. The van der Waals surface area contributed by atoms with E-state index < -0.39 is 10.0 Å². The lowest BCUT2D eigenvalue weighted by atomic mass is 10.1. The molecule has 28 heavy (non-hydrogen) atoms. The Labute approximate surface area is 165 Å². The van der Waals surface area contributed by atoms with Gasteiger partial charge in [-0.3, -0.25) is 9.52 Å². The minimum Gasteiger partial charge on any atom is -0.356 e. The Morgan fingerprint density at radius 1 is 0.821 bits per heavy atom. The van der Waals surface area contributed by atoms with Gasteiger partial charge in [0.1, 0.15) is 0 Å². The van der Waals surface area contributed by atoms with Crippen LogP contribution in [0.15, 0.2) is 71.6 Å². The number of benzene rings is 3. The molecule has 6 heteroatoms. The highest BCUT2D eigenvalue weighted by atomic mass is 32.2. The molecule has 0 saturated carbocycles. The summed E-state index contributed by atoms with van der Waals surface area (Å²) in [5, 5.41) is 3.21. The van der Waals surface area contributed by atoms with Crippen molar-refractivity contribution in [2.24, 2.45) is 0 Å². The Kier molecular flexibility index (Phi) is 5.51. The first-order valence-corrected chi connectivity index (χ1v) is 10.3. The Morgan fingerprint density at radius 3 is 2.18 bits per heavy atom. The van der Waals surface area contributed by atoms with E-state index in [-0.39, 0.29) is 10.7 Å². The molecule has 3 rings (SSSR count). The largest absolute Gasteiger partial charge is 0.356 e. The second-order valence-corrected chi connectivity index (χ2v) is 8.36. The average Bonchev–Trinajstić information content (AvgIpc) is 2.65. The molecular formula is C22H22N2O3S. The maximum Gasteiger partial charge on any atom is 0.262 e. The summed E-state index contributed by atoms with van der Waals surface area (Å²) >= 11 is 0. The second-order valence-electron chi connectivity index (χ2n) is 6.71. The summed E-state index contributed by atoms with van der Waals surface area (Å²) in [6, 6.07) is 19.5. The van der Waals surface area contributed by atoms with E-state index in [1.807, 2.05) is 25.1 Å². The van der Waals surface area contributed by atoms with Gasteiger partial charge >= 0.3 is 0 Å². The molecule has 2 N–H and O–H groups in total. The van der Waals surface area contributed by atoms with Crippen molar-refractivity contribution in [2.75, 3.05) is 10.0 Å². The highest BCUT2D eigenvalue weighted by Crippen LogP contribution is 2.23. The molecule has 0 aliphatic rings. The van der Waals surface area contributed by atoms with Gasteiger partial charge in [0.2, 0.25) is 0 Å². The summed E-state index contributed by atoms with van der Waals surface area (Å²) in [5.41, 5.74) is 4.26. The summed E-state index contributed by atoms with van der Waals surface area (Å²) in [4.78, 5) is 11.8. The van der Waals surface area contributed by atoms with Crippen LogP contribution in [0.5, 0.6) is 0 Å². The van der Waals surface area contributed by atoms with Gasteiger partial charge in [0, 0.05) is 22.6 Å². The molecule has 0 heterocycles. The zero-order chi connectivity index (χ0) is 20.3. The lowest BCUT2D eigenvalue weighted by molar-refractivity contribution is 0.101. The first kappa shape index (κ1) is 19.6. The number of carbonyl (C=O) groups is 1. The maximum atomic E-state index is 12.7. The van der Waals surface area contributed by atoms with Crippen LogP contribution < -0.4 is 10.0 Å². The topological polar surface area (TPSA) is 75.3 Å². The first-order chi connectivity index (χ1) is 13.2. The predicted molar refractivity (Wildman–Crippen MR) is 113 cm³/mol. The highest BCUT2D eigenvalue weighted by molar-refractivity contribution is 7.92. The van der Waals surface area contributed by atoms with Crippen molar-refractivity contribution < 1.29 is 13.2 Å². The standard InChI is InChI=1S/C22H22N2O3S/c1-15-7-8-16(2)22(13-15)28(26,27)24-20-11-9-19(10-12-20)23-21-6-4-5-18(14-21)17(3)25/h4-14,23-24H,1-3H3. The monoisotopic (exact) mass is 394 g/mol. The van der Waals surface area contributed by atoms with Gasteiger partial charge in [0.05, 0.1) is 4.90 Å². The van der Waals surface area contributed by atoms with Gasteiger partial charge < -0.3 is 5.32 Å². The van der Waals surface area contributed by atoms with Gasteiger partial charge in [0.15, 0.2) is 5.78 Å². The Hall–Kier alpha value is -3.12. The van der Waals surface area contributed by atoms with Crippen LogP contribution in [0.2, 0.25) is 0 Å². The van der Waals surface area contributed by atoms with Crippen molar-refractivity contribution >= 4 is 32.9 Å². The van der Waals surface area contributed by atoms with Gasteiger partial charge in [0.25, 0.3) is 10.0 Å². The Bertz CT molecular complexity index is 1120. The molecule has 0 fully saturated rings. The highest BCUT2D eigenvalue weighted by Gasteiger charge is 2.17. The van der Waals surface area contributed by atoms with Crippen LogP contribution in [-0.4, -0.2) is 14.2 Å². The van der Waals surface area contributed by atoms with Gasteiger partial charge in [-0.25, -0.2) is 8.42 Å². The Balaban J connectivity index is 1.76. The van der Waals surface area contributed by atoms with Crippen molar-refractivity contribution in [1.82, 2.24) is 0 Å². The molecule has 3 aromatic rings. The van der Waals surface area contributed by atoms with E-state index in [9.17, 15) is 13.2 Å². The van der Waals surface area contributed by atoms with Crippen molar-refractivity contribution in [3.63, 3.8) is 0 Å². The lowest BCUT2D eigenvalue weighted by Gasteiger charge is -2.12. The number of sulfonamides is 1. The van der Waals surface area contributed by atoms with Crippen LogP contribution in [0.3, 0.4) is 0 Å². The van der Waals surface area contributed by atoms with Crippen LogP contribution in [0.1, 0.15) is 28.4 Å². The lowest BCUT2D eigenvalue weighted by Crippen LogP contribution is -2.14. The molecule has 0 amide bonds. The van der Waals surface area contributed by atoms with Crippen molar-refractivity contribution in [1.29, 1.82) is 0 Å². The van der Waals surface area contributed by atoms with Gasteiger partial charge in [-0.05, 0) is 74.4 Å². The number of hydrogen-bond acceptors (Lipinski definition) is 4. The number of aryl methyl sites for hydroxylation is 2. The van der Waals surface area contributed by atoms with Crippen LogP contribution in [-0.2, 0) is 10.0 Å². The molecule has 3 aromatic carbocycles. The number of nitrogens with one attached hydrogen (secondary N) is 2. The third kappa shape index (κ3) is 4.58. The fourth-order valence-electron chi connectivity index (χ4n) is 2.81. The summed E-state index contributed by atoms with van der Waals surface area (Å²) < 4.78 is 28.0. The number of hydrogen-bond donors (Lipinski definition) is 2. The van der Waals surface area contributed by atoms with E-state index in [0.717, 1.165) is 16.9 Å². The number of carbonyl (C=O) groups excluding carboxylic acids is 1. The summed E-state index contributed by atoms with van der Waals surface area (Å²) in [6.45, 7) is 5.16. The molecule has 0 aliphatic carbocycles. The number of ketones is 1. The second kappa shape index (κ2) is 7.86. The predicted octanol–water partition coefficient (Wildman–Crippen LogP) is 5.05. The summed E-state index contributed by atoms with van der Waals surface area (Å²) in [7, 11) is -3.66. The average molecular weight is 394 g/mol. The van der Waals surface area contributed by atoms with E-state index in [2.05, 4.69) is 10.0 Å². The van der Waals surface area contributed by atoms with Gasteiger partial charge in [-0.1, -0.05) is 24.3 Å². The minimum atomic E-state index is -3.66. The van der Waals surface area contributed by atoms with Crippen molar-refractivity contribution in [3.8, 4) is 0 Å². The fraction of sp³-hybridized carbons (Fsp3) is 0.136. The zero-order valence-corrected chi connectivity index (χ0v) is 16.8. The molecule has 5 nitrogen and oxygen atoms in total. The van der Waals surface area contributed by atoms with E-state index in [0.29, 0.717) is 16.8 Å². The van der Waals surface area contributed by atoms with Crippen molar-refractivity contribution in [2.45, 2.75) is 25.7 Å². The maximum absolute atomic E-state index is 12.7. The molecule has 0 aromatic heterocycles. The molecule has 0 atom stereocenters. The zero-order valence-electron chi connectivity index (χ0n) is 16.0. The van der Waals surface area contributed by atoms with Crippen molar-refractivity contribution in [3.05, 3.63) is 83.4 Å². The quantitative estimate of drug-likeness (QED) is 0.574. The Morgan fingerprint density at radius 2 is 1.50 bits per heavy atom. The number of rotatable bonds is 6. The third-order valence-electron chi connectivity index (χ3n) is 4.33. The van der Waals surface area contributed by atoms with Crippen LogP contribution in [0.25, 0.3) is 0 Å². The van der Waals surface area contributed by atoms with E-state index in [1.54, 1.807) is 55.5 Å². The van der Waals surface area contributed by atoms with Crippen LogP contribution >= 0.6 is 0 Å². The molecule has 0 saturated heterocycles. The molecule has 0 aliphatic heterocycles. The molecular weight excluding hydrogens is 372 g/mol. The smallest absolute Gasteiger partial charge is 0.262 e. The van der Waals surface area contributed by atoms with Gasteiger partial charge in [-0.15, -0.1) is 0 Å². The van der Waals surface area contributed by atoms with Gasteiger partial charge in [-0.2, -0.15) is 0 Å². The normalized spacial score (nSPS) is 11.1. The fourth-order valence-corrected chi connectivity index (χ4v) is 4.20. The molecule has 0 unspecified atom stereocenters. The van der Waals surface area contributed by atoms with E-state index >= 15 is 0 Å². The number of anilines is 3. The minimum absolute atomic E-state index is 0.000142. The molecule has 0 spiro atoms. The SMILES string of the molecule is CC(=O)c1cccc(Nc2ccc(NS(=O)(=O)c3cc(C)ccc3C)cc2)c1.